The molecule has 1 N–H and O–H groups in total. The predicted octanol–water partition coefficient (Wildman–Crippen LogP) is 1.34. The molecule has 3 nitrogen and oxygen atoms in total. The minimum absolute atomic E-state index is 0.903. The highest BCUT2D eigenvalue weighted by molar-refractivity contribution is 4.65. The van der Waals surface area contributed by atoms with E-state index in [9.17, 15) is 0 Å². The van der Waals surface area contributed by atoms with Crippen molar-refractivity contribution in [3.05, 3.63) is 0 Å². The van der Waals surface area contributed by atoms with Crippen LogP contribution in [-0.4, -0.2) is 51.3 Å². The van der Waals surface area contributed by atoms with Gasteiger partial charge in [-0.05, 0) is 45.3 Å². The van der Waals surface area contributed by atoms with Gasteiger partial charge in [-0.15, -0.1) is 0 Å². The third kappa shape index (κ3) is 6.13. The zero-order valence-corrected chi connectivity index (χ0v) is 10.3. The van der Waals surface area contributed by atoms with E-state index in [1.165, 1.54) is 25.8 Å². The van der Waals surface area contributed by atoms with Gasteiger partial charge in [0, 0.05) is 26.3 Å². The van der Waals surface area contributed by atoms with Crippen LogP contribution in [0.25, 0.3) is 0 Å². The highest BCUT2D eigenvalue weighted by Crippen LogP contribution is 2.18. The van der Waals surface area contributed by atoms with Gasteiger partial charge in [-0.25, -0.2) is 0 Å². The molecule has 1 aliphatic rings. The van der Waals surface area contributed by atoms with Crippen LogP contribution in [0.4, 0.5) is 0 Å². The molecular formula is C12H26N2O. The molecule has 0 saturated carbocycles. The minimum atomic E-state index is 0.903. The molecule has 0 aromatic heterocycles. The molecule has 0 spiro atoms. The summed E-state index contributed by atoms with van der Waals surface area (Å²) in [5.74, 6) is 0.903. The fourth-order valence-corrected chi connectivity index (χ4v) is 2.00. The van der Waals surface area contributed by atoms with Gasteiger partial charge in [0.1, 0.15) is 0 Å². The van der Waals surface area contributed by atoms with E-state index in [1.807, 2.05) is 0 Å². The van der Waals surface area contributed by atoms with Gasteiger partial charge < -0.3 is 15.0 Å². The van der Waals surface area contributed by atoms with E-state index in [0.717, 1.165) is 38.8 Å². The third-order valence-electron chi connectivity index (χ3n) is 3.18. The number of hydrogen-bond acceptors (Lipinski definition) is 3. The fraction of sp³-hybridized carbons (Fsp3) is 1.00. The lowest BCUT2D eigenvalue weighted by atomic mass is 9.96. The Balaban J connectivity index is 1.97. The van der Waals surface area contributed by atoms with Crippen molar-refractivity contribution in [1.82, 2.24) is 10.2 Å². The second-order valence-electron chi connectivity index (χ2n) is 4.50. The number of nitrogens with zero attached hydrogens (tertiary/aromatic N) is 1. The van der Waals surface area contributed by atoms with Gasteiger partial charge in [0.2, 0.25) is 0 Å². The van der Waals surface area contributed by atoms with Crippen LogP contribution >= 0.6 is 0 Å². The Bertz CT molecular complexity index is 147. The standard InChI is InChI=1S/C12H26N2O/c1-3-13-7-9-14(2)8-4-12-5-10-15-11-6-12/h12-13H,3-11H2,1-2H3. The smallest absolute Gasteiger partial charge is 0.0468 e. The molecule has 1 fully saturated rings. The van der Waals surface area contributed by atoms with Gasteiger partial charge in [-0.1, -0.05) is 6.92 Å². The van der Waals surface area contributed by atoms with Crippen LogP contribution in [-0.2, 0) is 4.74 Å². The van der Waals surface area contributed by atoms with Crippen LogP contribution < -0.4 is 5.32 Å². The van der Waals surface area contributed by atoms with Gasteiger partial charge >= 0.3 is 0 Å². The summed E-state index contributed by atoms with van der Waals surface area (Å²) in [4.78, 5) is 2.43. The Morgan fingerprint density at radius 3 is 2.67 bits per heavy atom. The van der Waals surface area contributed by atoms with Crippen LogP contribution in [0.1, 0.15) is 26.2 Å². The summed E-state index contributed by atoms with van der Waals surface area (Å²) in [6.45, 7) is 8.70. The first-order chi connectivity index (χ1) is 7.33. The lowest BCUT2D eigenvalue weighted by molar-refractivity contribution is 0.0611. The first kappa shape index (κ1) is 12.9. The largest absolute Gasteiger partial charge is 0.381 e. The molecular weight excluding hydrogens is 188 g/mol. The van der Waals surface area contributed by atoms with Crippen LogP contribution in [0.15, 0.2) is 0 Å². The molecule has 0 bridgehead atoms. The zero-order chi connectivity index (χ0) is 10.9. The van der Waals surface area contributed by atoms with Crippen molar-refractivity contribution in [3.63, 3.8) is 0 Å². The van der Waals surface area contributed by atoms with Crippen LogP contribution in [0.2, 0.25) is 0 Å². The average Bonchev–Trinajstić information content (AvgIpc) is 2.28. The van der Waals surface area contributed by atoms with Crippen molar-refractivity contribution in [3.8, 4) is 0 Å². The van der Waals surface area contributed by atoms with E-state index < -0.39 is 0 Å². The highest BCUT2D eigenvalue weighted by atomic mass is 16.5. The Labute approximate surface area is 94.2 Å². The first-order valence-corrected chi connectivity index (χ1v) is 6.30. The van der Waals surface area contributed by atoms with E-state index in [4.69, 9.17) is 4.74 Å². The molecule has 1 saturated heterocycles. The molecule has 15 heavy (non-hydrogen) atoms. The van der Waals surface area contributed by atoms with Crippen molar-refractivity contribution in [2.75, 3.05) is 46.4 Å². The molecule has 90 valence electrons. The van der Waals surface area contributed by atoms with Gasteiger partial charge in [0.05, 0.1) is 0 Å². The Morgan fingerprint density at radius 1 is 1.27 bits per heavy atom. The van der Waals surface area contributed by atoms with Crippen LogP contribution in [0, 0.1) is 5.92 Å². The zero-order valence-electron chi connectivity index (χ0n) is 10.3. The maximum atomic E-state index is 5.36. The summed E-state index contributed by atoms with van der Waals surface area (Å²) >= 11 is 0. The SMILES string of the molecule is CCNCCN(C)CCC1CCOCC1. The molecule has 0 aromatic rings. The maximum Gasteiger partial charge on any atom is 0.0468 e. The molecule has 0 atom stereocenters. The molecule has 0 unspecified atom stereocenters. The molecule has 0 aromatic carbocycles. The van der Waals surface area contributed by atoms with Crippen LogP contribution in [0.3, 0.4) is 0 Å². The monoisotopic (exact) mass is 214 g/mol. The van der Waals surface area contributed by atoms with E-state index in [1.54, 1.807) is 0 Å². The number of nitrogens with one attached hydrogen (secondary N) is 1. The second kappa shape index (κ2) is 8.08. The summed E-state index contributed by atoms with van der Waals surface area (Å²) in [7, 11) is 2.22. The topological polar surface area (TPSA) is 24.5 Å². The Hall–Kier alpha value is -0.120. The molecule has 3 heteroatoms. The third-order valence-corrected chi connectivity index (χ3v) is 3.18. The Kier molecular flexibility index (Phi) is 6.98. The molecule has 1 heterocycles. The van der Waals surface area contributed by atoms with Crippen molar-refractivity contribution < 1.29 is 4.74 Å². The average molecular weight is 214 g/mol. The quantitative estimate of drug-likeness (QED) is 0.647. The second-order valence-corrected chi connectivity index (χ2v) is 4.50. The van der Waals surface area contributed by atoms with Crippen molar-refractivity contribution in [2.24, 2.45) is 5.92 Å². The lowest BCUT2D eigenvalue weighted by Gasteiger charge is -2.24. The number of rotatable bonds is 7. The van der Waals surface area contributed by atoms with E-state index in [2.05, 4.69) is 24.2 Å². The molecule has 0 amide bonds. The summed E-state index contributed by atoms with van der Waals surface area (Å²) in [5, 5.41) is 3.36. The van der Waals surface area contributed by atoms with E-state index in [-0.39, 0.29) is 0 Å². The fourth-order valence-electron chi connectivity index (χ4n) is 2.00. The molecule has 1 aliphatic heterocycles. The summed E-state index contributed by atoms with van der Waals surface area (Å²) < 4.78 is 5.36. The van der Waals surface area contributed by atoms with Crippen molar-refractivity contribution in [2.45, 2.75) is 26.2 Å². The number of hydrogen-bond donors (Lipinski definition) is 1. The van der Waals surface area contributed by atoms with Crippen molar-refractivity contribution in [1.29, 1.82) is 0 Å². The van der Waals surface area contributed by atoms with Gasteiger partial charge in [-0.2, -0.15) is 0 Å². The van der Waals surface area contributed by atoms with E-state index >= 15 is 0 Å². The Morgan fingerprint density at radius 2 is 2.00 bits per heavy atom. The van der Waals surface area contributed by atoms with Gasteiger partial charge in [0.15, 0.2) is 0 Å². The summed E-state index contributed by atoms with van der Waals surface area (Å²) in [5.41, 5.74) is 0. The summed E-state index contributed by atoms with van der Waals surface area (Å²) in [6.07, 6.45) is 3.87. The highest BCUT2D eigenvalue weighted by Gasteiger charge is 2.13. The van der Waals surface area contributed by atoms with Gasteiger partial charge in [0.25, 0.3) is 0 Å². The molecule has 0 radical (unpaired) electrons. The number of likely N-dealkylation sites (N-methyl/N-ethyl adjacent to an activating group) is 2. The predicted molar refractivity (Wildman–Crippen MR) is 64.2 cm³/mol. The molecule has 0 aliphatic carbocycles. The minimum Gasteiger partial charge on any atom is -0.381 e. The maximum absolute atomic E-state index is 5.36. The normalized spacial score (nSPS) is 18.6. The van der Waals surface area contributed by atoms with Crippen LogP contribution in [0.5, 0.6) is 0 Å². The van der Waals surface area contributed by atoms with Gasteiger partial charge in [-0.3, -0.25) is 0 Å². The number of ether oxygens (including phenoxy) is 1. The lowest BCUT2D eigenvalue weighted by Crippen LogP contribution is -2.31. The summed E-state index contributed by atoms with van der Waals surface area (Å²) in [6, 6.07) is 0. The first-order valence-electron chi connectivity index (χ1n) is 6.30. The van der Waals surface area contributed by atoms with E-state index in [0.29, 0.717) is 0 Å². The molecule has 1 rings (SSSR count). The van der Waals surface area contributed by atoms with Crippen molar-refractivity contribution >= 4 is 0 Å².